The average molecular weight is 286 g/mol. The van der Waals surface area contributed by atoms with E-state index in [-0.39, 0.29) is 11.9 Å². The minimum atomic E-state index is -0.230. The second kappa shape index (κ2) is 7.86. The minimum absolute atomic E-state index is 0.217. The third-order valence-electron chi connectivity index (χ3n) is 3.33. The fourth-order valence-electron chi connectivity index (χ4n) is 2.13. The molecule has 3 heteroatoms. The minimum Gasteiger partial charge on any atom is -0.310 e. The molecule has 0 aliphatic rings. The van der Waals surface area contributed by atoms with Crippen LogP contribution in [0.4, 0.5) is 4.39 Å². The number of hydrogen-bond acceptors (Lipinski definition) is 1. The lowest BCUT2D eigenvalue weighted by Gasteiger charge is -2.22. The number of rotatable bonds is 7. The van der Waals surface area contributed by atoms with Crippen LogP contribution in [-0.4, -0.2) is 6.54 Å². The van der Waals surface area contributed by atoms with Gasteiger partial charge in [-0.05, 0) is 55.8 Å². The molecule has 1 N–H and O–H groups in total. The van der Waals surface area contributed by atoms with Gasteiger partial charge in [0.2, 0.25) is 0 Å². The third-order valence-corrected chi connectivity index (χ3v) is 3.65. The van der Waals surface area contributed by atoms with E-state index in [4.69, 9.17) is 11.6 Å². The van der Waals surface area contributed by atoms with Gasteiger partial charge in [0.1, 0.15) is 5.82 Å². The SMILES string of the molecule is CCCNC(CCC(C)C)c1cc(C)c(F)cc1Cl. The molecule has 19 heavy (non-hydrogen) atoms. The molecule has 1 rings (SSSR count). The number of halogens is 2. The van der Waals surface area contributed by atoms with Crippen LogP contribution < -0.4 is 5.32 Å². The van der Waals surface area contributed by atoms with Crippen LogP contribution in [0.25, 0.3) is 0 Å². The highest BCUT2D eigenvalue weighted by molar-refractivity contribution is 6.31. The second-order valence-corrected chi connectivity index (χ2v) is 6.01. The smallest absolute Gasteiger partial charge is 0.127 e. The lowest BCUT2D eigenvalue weighted by Crippen LogP contribution is -2.23. The largest absolute Gasteiger partial charge is 0.310 e. The van der Waals surface area contributed by atoms with Gasteiger partial charge in [-0.15, -0.1) is 0 Å². The van der Waals surface area contributed by atoms with Crippen molar-refractivity contribution in [3.05, 3.63) is 34.1 Å². The molecule has 108 valence electrons. The molecule has 0 aliphatic carbocycles. The summed E-state index contributed by atoms with van der Waals surface area (Å²) in [5.74, 6) is 0.429. The van der Waals surface area contributed by atoms with Crippen molar-refractivity contribution in [1.29, 1.82) is 0 Å². The van der Waals surface area contributed by atoms with Crippen LogP contribution in [0.15, 0.2) is 12.1 Å². The third kappa shape index (κ3) is 5.12. The summed E-state index contributed by atoms with van der Waals surface area (Å²) in [4.78, 5) is 0. The summed E-state index contributed by atoms with van der Waals surface area (Å²) < 4.78 is 13.5. The Morgan fingerprint density at radius 2 is 1.95 bits per heavy atom. The van der Waals surface area contributed by atoms with Crippen LogP contribution in [0.5, 0.6) is 0 Å². The Labute approximate surface area is 121 Å². The summed E-state index contributed by atoms with van der Waals surface area (Å²) >= 11 is 6.21. The van der Waals surface area contributed by atoms with Crippen LogP contribution in [0.2, 0.25) is 5.02 Å². The maximum Gasteiger partial charge on any atom is 0.127 e. The van der Waals surface area contributed by atoms with Gasteiger partial charge in [0.05, 0.1) is 0 Å². The molecule has 0 amide bonds. The zero-order valence-electron chi connectivity index (χ0n) is 12.4. The number of benzene rings is 1. The Morgan fingerprint density at radius 1 is 1.26 bits per heavy atom. The molecule has 0 saturated carbocycles. The van der Waals surface area contributed by atoms with Crippen LogP contribution >= 0.6 is 11.6 Å². The van der Waals surface area contributed by atoms with Crippen molar-refractivity contribution >= 4 is 11.6 Å². The molecule has 0 fully saturated rings. The number of nitrogens with one attached hydrogen (secondary N) is 1. The summed E-state index contributed by atoms with van der Waals surface area (Å²) in [5, 5.41) is 4.05. The van der Waals surface area contributed by atoms with Crippen molar-refractivity contribution < 1.29 is 4.39 Å². The molecule has 1 atom stereocenters. The first kappa shape index (κ1) is 16.5. The fourth-order valence-corrected chi connectivity index (χ4v) is 2.41. The zero-order chi connectivity index (χ0) is 14.4. The van der Waals surface area contributed by atoms with E-state index in [0.717, 1.165) is 31.4 Å². The van der Waals surface area contributed by atoms with E-state index in [0.29, 0.717) is 16.5 Å². The highest BCUT2D eigenvalue weighted by Gasteiger charge is 2.16. The van der Waals surface area contributed by atoms with Crippen molar-refractivity contribution in [3.8, 4) is 0 Å². The Kier molecular flexibility index (Phi) is 6.81. The molecule has 1 aromatic rings. The van der Waals surface area contributed by atoms with E-state index < -0.39 is 0 Å². The molecular formula is C16H25ClFN. The van der Waals surface area contributed by atoms with Crippen LogP contribution in [-0.2, 0) is 0 Å². The molecule has 0 radical (unpaired) electrons. The van der Waals surface area contributed by atoms with Gasteiger partial charge in [-0.2, -0.15) is 0 Å². The standard InChI is InChI=1S/C16H25ClFN/c1-5-8-19-16(7-6-11(2)3)13-9-12(4)15(18)10-14(13)17/h9-11,16,19H,5-8H2,1-4H3. The first-order valence-electron chi connectivity index (χ1n) is 7.14. The second-order valence-electron chi connectivity index (χ2n) is 5.60. The van der Waals surface area contributed by atoms with Crippen molar-refractivity contribution in [1.82, 2.24) is 5.32 Å². The van der Waals surface area contributed by atoms with Gasteiger partial charge in [-0.1, -0.05) is 38.4 Å². The summed E-state index contributed by atoms with van der Waals surface area (Å²) in [5.41, 5.74) is 1.68. The molecule has 1 nitrogen and oxygen atoms in total. The predicted octanol–water partition coefficient (Wildman–Crippen LogP) is 5.26. The van der Waals surface area contributed by atoms with Crippen LogP contribution in [0.3, 0.4) is 0 Å². The molecule has 0 heterocycles. The van der Waals surface area contributed by atoms with Crippen LogP contribution in [0.1, 0.15) is 57.2 Å². The van der Waals surface area contributed by atoms with E-state index in [9.17, 15) is 4.39 Å². The van der Waals surface area contributed by atoms with Crippen molar-refractivity contribution in [2.75, 3.05) is 6.54 Å². The van der Waals surface area contributed by atoms with Crippen molar-refractivity contribution in [3.63, 3.8) is 0 Å². The van der Waals surface area contributed by atoms with E-state index >= 15 is 0 Å². The first-order valence-corrected chi connectivity index (χ1v) is 7.52. The lowest BCUT2D eigenvalue weighted by atomic mass is 9.96. The maximum atomic E-state index is 13.5. The topological polar surface area (TPSA) is 12.0 Å². The van der Waals surface area contributed by atoms with E-state index in [1.54, 1.807) is 6.92 Å². The van der Waals surface area contributed by atoms with Gasteiger partial charge in [-0.3, -0.25) is 0 Å². The summed E-state index contributed by atoms with van der Waals surface area (Å²) in [6, 6.07) is 3.53. The van der Waals surface area contributed by atoms with Gasteiger partial charge < -0.3 is 5.32 Å². The van der Waals surface area contributed by atoms with Gasteiger partial charge in [0, 0.05) is 11.1 Å². The van der Waals surface area contributed by atoms with Gasteiger partial charge in [0.25, 0.3) is 0 Å². The molecule has 1 unspecified atom stereocenters. The zero-order valence-corrected chi connectivity index (χ0v) is 13.1. The molecular weight excluding hydrogens is 261 g/mol. The highest BCUT2D eigenvalue weighted by Crippen LogP contribution is 2.29. The van der Waals surface area contributed by atoms with Crippen molar-refractivity contribution in [2.24, 2.45) is 5.92 Å². The van der Waals surface area contributed by atoms with Gasteiger partial charge >= 0.3 is 0 Å². The quantitative estimate of drug-likeness (QED) is 0.720. The average Bonchev–Trinajstić information content (AvgIpc) is 2.34. The van der Waals surface area contributed by atoms with Gasteiger partial charge in [-0.25, -0.2) is 4.39 Å². The van der Waals surface area contributed by atoms with Gasteiger partial charge in [0.15, 0.2) is 0 Å². The molecule has 0 aliphatic heterocycles. The number of aryl methyl sites for hydroxylation is 1. The van der Waals surface area contributed by atoms with E-state index in [1.165, 1.54) is 6.07 Å². The molecule has 0 spiro atoms. The first-order chi connectivity index (χ1) is 8.95. The summed E-state index contributed by atoms with van der Waals surface area (Å²) in [6.45, 7) is 9.32. The normalized spacial score (nSPS) is 13.0. The summed E-state index contributed by atoms with van der Waals surface area (Å²) in [6.07, 6.45) is 3.24. The Morgan fingerprint density at radius 3 is 2.53 bits per heavy atom. The number of hydrogen-bond donors (Lipinski definition) is 1. The highest BCUT2D eigenvalue weighted by atomic mass is 35.5. The Bertz CT molecular complexity index is 404. The molecule has 1 aromatic carbocycles. The Hall–Kier alpha value is -0.600. The van der Waals surface area contributed by atoms with E-state index in [2.05, 4.69) is 26.1 Å². The molecule has 0 aromatic heterocycles. The predicted molar refractivity (Wildman–Crippen MR) is 81.3 cm³/mol. The Balaban J connectivity index is 2.92. The molecule has 0 saturated heterocycles. The monoisotopic (exact) mass is 285 g/mol. The fraction of sp³-hybridized carbons (Fsp3) is 0.625. The van der Waals surface area contributed by atoms with Crippen LogP contribution in [0, 0.1) is 18.7 Å². The lowest BCUT2D eigenvalue weighted by molar-refractivity contribution is 0.440. The van der Waals surface area contributed by atoms with Crippen molar-refractivity contribution in [2.45, 2.75) is 53.0 Å². The maximum absolute atomic E-state index is 13.5. The summed E-state index contributed by atoms with van der Waals surface area (Å²) in [7, 11) is 0. The van der Waals surface area contributed by atoms with E-state index in [1.807, 2.05) is 6.07 Å². The molecule has 0 bridgehead atoms.